The molecule has 1 aromatic heterocycles. The molecule has 6 heteroatoms. The summed E-state index contributed by atoms with van der Waals surface area (Å²) in [5.41, 5.74) is 0.819. The first-order valence-corrected chi connectivity index (χ1v) is 5.58. The fourth-order valence-corrected chi connectivity index (χ4v) is 1.20. The normalized spacial score (nSPS) is 10.4. The van der Waals surface area contributed by atoms with Crippen LogP contribution in [0.3, 0.4) is 0 Å². The minimum atomic E-state index is -0.383. The average Bonchev–Trinajstić information content (AvgIpc) is 2.24. The van der Waals surface area contributed by atoms with E-state index in [0.717, 1.165) is 0 Å². The van der Waals surface area contributed by atoms with Crippen LogP contribution in [0.15, 0.2) is 36.6 Å². The van der Waals surface area contributed by atoms with Gasteiger partial charge in [0.05, 0.1) is 0 Å². The molecule has 0 unspecified atom stereocenters. The molecule has 5 nitrogen and oxygen atoms in total. The number of rotatable bonds is 5. The van der Waals surface area contributed by atoms with E-state index in [2.05, 4.69) is 46.1 Å². The molecule has 1 heterocycles. The van der Waals surface area contributed by atoms with Gasteiger partial charge in [0.25, 0.3) is 0 Å². The zero-order chi connectivity index (χ0) is 13.7. The number of aromatic nitrogens is 3. The van der Waals surface area contributed by atoms with Crippen LogP contribution >= 0.6 is 12.6 Å². The highest BCUT2D eigenvalue weighted by atomic mass is 32.1. The molecule has 0 aromatic carbocycles. The van der Waals surface area contributed by atoms with Crippen LogP contribution in [0.2, 0.25) is 0 Å². The molecule has 0 radical (unpaired) electrons. The lowest BCUT2D eigenvalue weighted by Crippen LogP contribution is -2.05. The average molecular weight is 262 g/mol. The number of aryl methyl sites for hydroxylation is 2. The lowest BCUT2D eigenvalue weighted by atomic mass is 10.3. The van der Waals surface area contributed by atoms with E-state index < -0.39 is 0 Å². The van der Waals surface area contributed by atoms with Crippen molar-refractivity contribution in [2.24, 2.45) is 0 Å². The molecule has 18 heavy (non-hydrogen) atoms. The minimum Gasteiger partial charge on any atom is -0.325 e. The molecule has 0 atom stereocenters. The van der Waals surface area contributed by atoms with Crippen molar-refractivity contribution in [1.82, 2.24) is 15.0 Å². The van der Waals surface area contributed by atoms with E-state index in [-0.39, 0.29) is 10.7 Å². The molecule has 0 saturated heterocycles. The van der Waals surface area contributed by atoms with E-state index >= 15 is 0 Å². The van der Waals surface area contributed by atoms with Gasteiger partial charge in [0.2, 0.25) is 11.1 Å². The van der Waals surface area contributed by atoms with Crippen molar-refractivity contribution in [3.63, 3.8) is 0 Å². The first kappa shape index (κ1) is 14.1. The molecule has 0 aliphatic carbocycles. The van der Waals surface area contributed by atoms with E-state index in [4.69, 9.17) is 0 Å². The van der Waals surface area contributed by atoms with Gasteiger partial charge in [-0.3, -0.25) is 4.79 Å². The van der Waals surface area contributed by atoms with Gasteiger partial charge >= 0.3 is 0 Å². The zero-order valence-corrected chi connectivity index (χ0v) is 11.2. The van der Waals surface area contributed by atoms with Crippen LogP contribution in [0.4, 0.5) is 5.95 Å². The molecule has 0 aliphatic rings. The van der Waals surface area contributed by atoms with Crippen molar-refractivity contribution < 1.29 is 4.79 Å². The van der Waals surface area contributed by atoms with Crippen molar-refractivity contribution in [1.29, 1.82) is 0 Å². The van der Waals surface area contributed by atoms with Crippen molar-refractivity contribution in [2.45, 2.75) is 13.8 Å². The number of nitrogens with one attached hydrogen (secondary N) is 1. The Hall–Kier alpha value is -1.95. The summed E-state index contributed by atoms with van der Waals surface area (Å²) < 4.78 is 0. The molecule has 0 saturated carbocycles. The standard InChI is InChI=1S/C12H14N4OS/c1-7(11(17)18)5-6-8(2)13-12-15-9(3)14-10(4)16-12/h5-6H,1-2H2,3-4H3,(H,17,18)(H,13,14,15,16)/b6-5-. The third-order valence-electron chi connectivity index (χ3n) is 1.89. The molecule has 1 N–H and O–H groups in total. The van der Waals surface area contributed by atoms with Gasteiger partial charge in [-0.15, -0.1) is 12.6 Å². The zero-order valence-electron chi connectivity index (χ0n) is 10.3. The van der Waals surface area contributed by atoms with E-state index in [1.54, 1.807) is 19.9 Å². The predicted molar refractivity (Wildman–Crippen MR) is 74.3 cm³/mol. The van der Waals surface area contributed by atoms with Crippen LogP contribution in [-0.4, -0.2) is 20.1 Å². The lowest BCUT2D eigenvalue weighted by molar-refractivity contribution is -0.107. The summed E-state index contributed by atoms with van der Waals surface area (Å²) in [6.07, 6.45) is 3.12. The van der Waals surface area contributed by atoms with E-state index in [1.807, 2.05) is 0 Å². The lowest BCUT2D eigenvalue weighted by Gasteiger charge is -2.05. The predicted octanol–water partition coefficient (Wildman–Crippen LogP) is 1.98. The largest absolute Gasteiger partial charge is 0.325 e. The fourth-order valence-electron chi connectivity index (χ4n) is 1.13. The molecule has 0 spiro atoms. The van der Waals surface area contributed by atoms with Crippen LogP contribution in [0.1, 0.15) is 11.6 Å². The van der Waals surface area contributed by atoms with Crippen LogP contribution in [0, 0.1) is 13.8 Å². The van der Waals surface area contributed by atoms with Gasteiger partial charge in [0.15, 0.2) is 0 Å². The molecule has 0 amide bonds. The highest BCUT2D eigenvalue weighted by Crippen LogP contribution is 2.06. The third-order valence-corrected chi connectivity index (χ3v) is 2.18. The van der Waals surface area contributed by atoms with Gasteiger partial charge < -0.3 is 5.32 Å². The Labute approximate surface area is 111 Å². The second-order valence-electron chi connectivity index (χ2n) is 3.57. The maximum absolute atomic E-state index is 10.8. The quantitative estimate of drug-likeness (QED) is 0.482. The molecule has 1 aromatic rings. The van der Waals surface area contributed by atoms with Crippen molar-refractivity contribution in [2.75, 3.05) is 5.32 Å². The molecule has 0 bridgehead atoms. The Kier molecular flexibility index (Phi) is 4.79. The van der Waals surface area contributed by atoms with Gasteiger partial charge in [-0.05, 0) is 26.0 Å². The molecule has 0 aliphatic heterocycles. The molecule has 1 rings (SSSR count). The Morgan fingerprint density at radius 2 is 1.72 bits per heavy atom. The summed E-state index contributed by atoms with van der Waals surface area (Å²) in [5.74, 6) is 1.66. The highest BCUT2D eigenvalue weighted by molar-refractivity contribution is 7.97. The van der Waals surface area contributed by atoms with Crippen LogP contribution in [0.25, 0.3) is 0 Å². The SMILES string of the molecule is C=C(/C=C\C(=C)C(=O)S)Nc1nc(C)nc(C)n1. The maximum Gasteiger partial charge on any atom is 0.230 e. The van der Waals surface area contributed by atoms with Crippen LogP contribution < -0.4 is 5.32 Å². The van der Waals surface area contributed by atoms with Gasteiger partial charge in [0.1, 0.15) is 11.6 Å². The van der Waals surface area contributed by atoms with E-state index in [1.165, 1.54) is 6.08 Å². The molecular formula is C12H14N4OS. The van der Waals surface area contributed by atoms with Gasteiger partial charge in [0, 0.05) is 11.3 Å². The molecule has 0 fully saturated rings. The van der Waals surface area contributed by atoms with Crippen LogP contribution in [0.5, 0.6) is 0 Å². The highest BCUT2D eigenvalue weighted by Gasteiger charge is 2.01. The third kappa shape index (κ3) is 4.50. The Morgan fingerprint density at radius 1 is 1.17 bits per heavy atom. The molecular weight excluding hydrogens is 248 g/mol. The Bertz CT molecular complexity index is 517. The second-order valence-corrected chi connectivity index (χ2v) is 3.97. The first-order chi connectivity index (χ1) is 8.38. The summed E-state index contributed by atoms with van der Waals surface area (Å²) >= 11 is 3.65. The summed E-state index contributed by atoms with van der Waals surface area (Å²) in [6, 6.07) is 0. The summed E-state index contributed by atoms with van der Waals surface area (Å²) in [4.78, 5) is 23.1. The summed E-state index contributed by atoms with van der Waals surface area (Å²) in [5, 5.41) is 2.51. The van der Waals surface area contributed by atoms with Crippen molar-refractivity contribution in [3.8, 4) is 0 Å². The van der Waals surface area contributed by atoms with Gasteiger partial charge in [-0.2, -0.15) is 9.97 Å². The summed E-state index contributed by atoms with van der Waals surface area (Å²) in [6.45, 7) is 10.9. The summed E-state index contributed by atoms with van der Waals surface area (Å²) in [7, 11) is 0. The first-order valence-electron chi connectivity index (χ1n) is 5.14. The number of carbonyl (C=O) groups is 1. The number of allylic oxidation sites excluding steroid dienone is 2. The number of nitrogens with zero attached hydrogens (tertiary/aromatic N) is 3. The molecule has 94 valence electrons. The van der Waals surface area contributed by atoms with Crippen molar-refractivity contribution >= 4 is 23.7 Å². The number of anilines is 1. The number of thiol groups is 1. The van der Waals surface area contributed by atoms with Gasteiger partial charge in [-0.1, -0.05) is 13.2 Å². The van der Waals surface area contributed by atoms with E-state index in [9.17, 15) is 4.79 Å². The second kappa shape index (κ2) is 6.11. The topological polar surface area (TPSA) is 67.8 Å². The van der Waals surface area contributed by atoms with E-state index in [0.29, 0.717) is 23.3 Å². The number of carbonyl (C=O) groups excluding carboxylic acids is 1. The monoisotopic (exact) mass is 262 g/mol. The smallest absolute Gasteiger partial charge is 0.230 e. The minimum absolute atomic E-state index is 0.282. The van der Waals surface area contributed by atoms with Gasteiger partial charge in [-0.25, -0.2) is 4.98 Å². The van der Waals surface area contributed by atoms with Crippen LogP contribution in [-0.2, 0) is 4.79 Å². The Morgan fingerprint density at radius 3 is 2.22 bits per heavy atom. The maximum atomic E-state index is 10.8. The van der Waals surface area contributed by atoms with Crippen molar-refractivity contribution in [3.05, 3.63) is 48.2 Å². The number of hydrogen-bond acceptors (Lipinski definition) is 5. The number of hydrogen-bond donors (Lipinski definition) is 2. The fraction of sp³-hybridized carbons (Fsp3) is 0.167. The Balaban J connectivity index is 2.70.